The van der Waals surface area contributed by atoms with Crippen LogP contribution in [-0.2, 0) is 15.0 Å². The van der Waals surface area contributed by atoms with Crippen LogP contribution in [0.2, 0.25) is 0 Å². The largest absolute Gasteiger partial charge is 0.399 e. The highest BCUT2D eigenvalue weighted by atomic mass is 32.1. The van der Waals surface area contributed by atoms with Gasteiger partial charge in [-0.25, -0.2) is 8.78 Å². The fourth-order valence-corrected chi connectivity index (χ4v) is 4.15. The van der Waals surface area contributed by atoms with Gasteiger partial charge in [0.2, 0.25) is 11.8 Å². The highest BCUT2D eigenvalue weighted by Gasteiger charge is 2.51. The van der Waals surface area contributed by atoms with E-state index in [0.717, 1.165) is 60.5 Å². The summed E-state index contributed by atoms with van der Waals surface area (Å²) < 4.78 is 24.3. The van der Waals surface area contributed by atoms with Crippen molar-refractivity contribution in [3.05, 3.63) is 59.3 Å². The molecule has 0 radical (unpaired) electrons. The number of anilines is 3. The van der Waals surface area contributed by atoms with Gasteiger partial charge in [-0.15, -0.1) is 12.6 Å². The molecule has 2 amide bonds. The third kappa shape index (κ3) is 6.33. The van der Waals surface area contributed by atoms with Gasteiger partial charge in [-0.05, 0) is 42.7 Å². The van der Waals surface area contributed by atoms with E-state index in [2.05, 4.69) is 28.6 Å². The first-order valence-electron chi connectivity index (χ1n) is 11.9. The van der Waals surface area contributed by atoms with Gasteiger partial charge in [0, 0.05) is 41.4 Å². The number of nitrogen functional groups attached to an aromatic ring is 1. The summed E-state index contributed by atoms with van der Waals surface area (Å²) in [6.45, 7) is 8.61. The van der Waals surface area contributed by atoms with Crippen molar-refractivity contribution < 1.29 is 18.4 Å². The van der Waals surface area contributed by atoms with Crippen LogP contribution in [0, 0.1) is 11.6 Å². The van der Waals surface area contributed by atoms with Crippen molar-refractivity contribution in [3.8, 4) is 0 Å². The van der Waals surface area contributed by atoms with Crippen molar-refractivity contribution in [2.24, 2.45) is 0 Å². The lowest BCUT2D eigenvalue weighted by atomic mass is 9.65. The zero-order chi connectivity index (χ0) is 26.2. The van der Waals surface area contributed by atoms with Crippen LogP contribution in [0.5, 0.6) is 0 Å². The van der Waals surface area contributed by atoms with Gasteiger partial charge in [0.05, 0.1) is 16.8 Å². The number of benzene rings is 2. The average molecular weight is 505 g/mol. The summed E-state index contributed by atoms with van der Waals surface area (Å²) in [6.07, 6.45) is 5.10. The maximum atomic E-state index is 12.4. The number of nitrogens with two attached hydrogens (primary N) is 1. The van der Waals surface area contributed by atoms with Crippen molar-refractivity contribution in [1.29, 1.82) is 0 Å². The van der Waals surface area contributed by atoms with E-state index in [-0.39, 0.29) is 22.1 Å². The van der Waals surface area contributed by atoms with E-state index >= 15 is 0 Å². The fraction of sp³-hybridized carbons (Fsp3) is 0.385. The van der Waals surface area contributed by atoms with Crippen molar-refractivity contribution in [1.82, 2.24) is 5.32 Å². The minimum absolute atomic E-state index is 0.0674. The SMILES string of the molecule is CC.CC.Fc1ccc(S)c(F)c1.Nc1cc(NC2=CC(=O)NCC2)c2c(c1)C1(CCC1)C(=O)N2. The van der Waals surface area contributed by atoms with Gasteiger partial charge in [-0.1, -0.05) is 34.1 Å². The number of thiol groups is 1. The van der Waals surface area contributed by atoms with Gasteiger partial charge in [-0.3, -0.25) is 9.59 Å². The Balaban J connectivity index is 0.000000280. The van der Waals surface area contributed by atoms with Crippen LogP contribution in [0.3, 0.4) is 0 Å². The zero-order valence-electron chi connectivity index (χ0n) is 20.6. The number of carbonyl (C=O) groups is 2. The monoisotopic (exact) mass is 504 g/mol. The first-order valence-corrected chi connectivity index (χ1v) is 12.4. The Labute approximate surface area is 211 Å². The second kappa shape index (κ2) is 12.6. The minimum Gasteiger partial charge on any atom is -0.399 e. The summed E-state index contributed by atoms with van der Waals surface area (Å²) in [6, 6.07) is 6.94. The van der Waals surface area contributed by atoms with Crippen molar-refractivity contribution in [2.75, 3.05) is 22.9 Å². The molecule has 5 N–H and O–H groups in total. The van der Waals surface area contributed by atoms with E-state index in [1.54, 1.807) is 6.08 Å². The molecule has 9 heteroatoms. The van der Waals surface area contributed by atoms with Gasteiger partial charge in [0.1, 0.15) is 11.6 Å². The summed E-state index contributed by atoms with van der Waals surface area (Å²) in [5, 5.41) is 9.02. The molecule has 1 saturated carbocycles. The van der Waals surface area contributed by atoms with E-state index in [4.69, 9.17) is 5.73 Å². The van der Waals surface area contributed by atoms with Crippen LogP contribution in [-0.4, -0.2) is 18.4 Å². The van der Waals surface area contributed by atoms with E-state index in [1.807, 2.05) is 39.8 Å². The second-order valence-corrected chi connectivity index (χ2v) is 8.29. The van der Waals surface area contributed by atoms with Gasteiger partial charge < -0.3 is 21.7 Å². The maximum Gasteiger partial charge on any atom is 0.245 e. The van der Waals surface area contributed by atoms with Gasteiger partial charge >= 0.3 is 0 Å². The molecular formula is C26H34F2N4O2S. The molecule has 35 heavy (non-hydrogen) atoms. The zero-order valence-corrected chi connectivity index (χ0v) is 21.5. The maximum absolute atomic E-state index is 12.4. The number of nitrogens with one attached hydrogen (secondary N) is 3. The predicted molar refractivity (Wildman–Crippen MR) is 141 cm³/mol. The Bertz CT molecular complexity index is 1100. The molecule has 1 fully saturated rings. The molecule has 2 aromatic carbocycles. The van der Waals surface area contributed by atoms with Gasteiger partial charge in [0.15, 0.2) is 0 Å². The molecule has 5 rings (SSSR count). The van der Waals surface area contributed by atoms with E-state index in [1.165, 1.54) is 6.07 Å². The number of carbonyl (C=O) groups excluding carboxylic acids is 2. The summed E-state index contributed by atoms with van der Waals surface area (Å²) in [5.41, 5.74) is 9.68. The summed E-state index contributed by atoms with van der Waals surface area (Å²) >= 11 is 3.70. The van der Waals surface area contributed by atoms with E-state index < -0.39 is 11.6 Å². The molecule has 2 aromatic rings. The normalized spacial score (nSPS) is 16.4. The quantitative estimate of drug-likeness (QED) is 0.265. The van der Waals surface area contributed by atoms with E-state index in [9.17, 15) is 18.4 Å². The Morgan fingerprint density at radius 3 is 2.29 bits per heavy atom. The predicted octanol–water partition coefficient (Wildman–Crippen LogP) is 5.76. The molecule has 2 heterocycles. The third-order valence-electron chi connectivity index (χ3n) is 5.76. The Morgan fingerprint density at radius 2 is 1.74 bits per heavy atom. The summed E-state index contributed by atoms with van der Waals surface area (Å²) in [7, 11) is 0. The highest BCUT2D eigenvalue weighted by molar-refractivity contribution is 7.80. The fourth-order valence-electron chi connectivity index (χ4n) is 4.01. The molecule has 1 spiro atoms. The molecule has 0 bridgehead atoms. The minimum atomic E-state index is -0.627. The van der Waals surface area contributed by atoms with Crippen molar-refractivity contribution >= 4 is 41.5 Å². The Morgan fingerprint density at radius 1 is 1.06 bits per heavy atom. The first-order chi connectivity index (χ1) is 16.8. The molecular weight excluding hydrogens is 470 g/mol. The molecule has 2 aliphatic heterocycles. The number of halogens is 2. The number of fused-ring (bicyclic) bond motifs is 2. The molecule has 3 aliphatic rings. The third-order valence-corrected chi connectivity index (χ3v) is 6.12. The molecule has 1 aliphatic carbocycles. The molecule has 0 aromatic heterocycles. The number of hydrogen-bond donors (Lipinski definition) is 5. The number of hydrogen-bond acceptors (Lipinski definition) is 5. The van der Waals surface area contributed by atoms with E-state index in [0.29, 0.717) is 12.2 Å². The Kier molecular flexibility index (Phi) is 10.1. The van der Waals surface area contributed by atoms with Crippen LogP contribution in [0.15, 0.2) is 47.0 Å². The van der Waals surface area contributed by atoms with Crippen LogP contribution in [0.1, 0.15) is 58.9 Å². The van der Waals surface area contributed by atoms with Crippen molar-refractivity contribution in [3.63, 3.8) is 0 Å². The van der Waals surface area contributed by atoms with Crippen molar-refractivity contribution in [2.45, 2.75) is 63.7 Å². The molecule has 0 unspecified atom stereocenters. The Hall–Kier alpha value is -3.07. The average Bonchev–Trinajstić information content (AvgIpc) is 3.12. The lowest BCUT2D eigenvalue weighted by Gasteiger charge is -2.36. The summed E-state index contributed by atoms with van der Waals surface area (Å²) in [5.74, 6) is -1.24. The second-order valence-electron chi connectivity index (χ2n) is 7.81. The smallest absolute Gasteiger partial charge is 0.245 e. The van der Waals surface area contributed by atoms with Gasteiger partial charge in [-0.2, -0.15) is 0 Å². The van der Waals surface area contributed by atoms with Crippen LogP contribution >= 0.6 is 12.6 Å². The number of amides is 2. The highest BCUT2D eigenvalue weighted by Crippen LogP contribution is 2.53. The first kappa shape index (κ1) is 28.2. The molecule has 0 atom stereocenters. The molecule has 0 saturated heterocycles. The van der Waals surface area contributed by atoms with Gasteiger partial charge in [0.25, 0.3) is 0 Å². The molecule has 190 valence electrons. The lowest BCUT2D eigenvalue weighted by Crippen LogP contribution is -2.40. The van der Waals surface area contributed by atoms with Crippen LogP contribution < -0.4 is 21.7 Å². The van der Waals surface area contributed by atoms with Crippen LogP contribution in [0.4, 0.5) is 25.8 Å². The lowest BCUT2D eigenvalue weighted by molar-refractivity contribution is -0.123. The molecule has 6 nitrogen and oxygen atoms in total. The topological polar surface area (TPSA) is 96.2 Å². The van der Waals surface area contributed by atoms with Crippen LogP contribution in [0.25, 0.3) is 0 Å². The number of rotatable bonds is 2. The summed E-state index contributed by atoms with van der Waals surface area (Å²) in [4.78, 5) is 24.0. The standard InChI is InChI=1S/C16H18N4O2.C6H4F2S.2C2H6/c17-9-6-11-14(20-15(22)16(11)3-1-4-16)12(7-9)19-10-2-5-18-13(21)8-10;7-4-1-2-6(9)5(8)3-4;2*1-2/h6-8,19H,1-5,17H2,(H,18,21)(H,20,22);1-3,9H;2*1-2H3.